The lowest BCUT2D eigenvalue weighted by molar-refractivity contribution is -0.132. The molecule has 2 fully saturated rings. The van der Waals surface area contributed by atoms with Crippen LogP contribution in [-0.2, 0) is 4.79 Å². The molecule has 2 N–H and O–H groups in total. The minimum Gasteiger partial charge on any atom is -0.341 e. The summed E-state index contributed by atoms with van der Waals surface area (Å²) >= 11 is 0. The smallest absolute Gasteiger partial charge is 0.224 e. The Bertz CT molecular complexity index is 273. The maximum atomic E-state index is 12.0. The third-order valence-electron chi connectivity index (χ3n) is 4.10. The maximum Gasteiger partial charge on any atom is 0.224 e. The van der Waals surface area contributed by atoms with Gasteiger partial charge in [-0.05, 0) is 39.8 Å². The Morgan fingerprint density at radius 1 is 1.50 bits per heavy atom. The van der Waals surface area contributed by atoms with Gasteiger partial charge in [-0.2, -0.15) is 0 Å². The van der Waals surface area contributed by atoms with E-state index in [1.807, 2.05) is 4.90 Å². The Morgan fingerprint density at radius 2 is 2.19 bits per heavy atom. The number of amides is 1. The largest absolute Gasteiger partial charge is 0.341 e. The monoisotopic (exact) mass is 225 g/mol. The third-order valence-corrected chi connectivity index (χ3v) is 4.10. The van der Waals surface area contributed by atoms with E-state index >= 15 is 0 Å². The lowest BCUT2D eigenvalue weighted by atomic mass is 9.75. The predicted molar refractivity (Wildman–Crippen MR) is 64.1 cm³/mol. The number of hydrogen-bond donors (Lipinski definition) is 1. The van der Waals surface area contributed by atoms with Crippen LogP contribution in [0.3, 0.4) is 0 Å². The molecule has 0 radical (unpaired) electrons. The zero-order valence-corrected chi connectivity index (χ0v) is 10.4. The van der Waals surface area contributed by atoms with Crippen molar-refractivity contribution in [1.82, 2.24) is 9.80 Å². The quantitative estimate of drug-likeness (QED) is 0.757. The predicted octanol–water partition coefficient (Wildman–Crippen LogP) is 0.420. The van der Waals surface area contributed by atoms with Gasteiger partial charge in [0.15, 0.2) is 0 Å². The zero-order chi connectivity index (χ0) is 11.8. The summed E-state index contributed by atoms with van der Waals surface area (Å²) in [6.45, 7) is 1.78. The van der Waals surface area contributed by atoms with Gasteiger partial charge < -0.3 is 15.5 Å². The van der Waals surface area contributed by atoms with Crippen LogP contribution in [-0.4, -0.2) is 54.5 Å². The van der Waals surface area contributed by atoms with E-state index in [0.717, 1.165) is 32.4 Å². The fraction of sp³-hybridized carbons (Fsp3) is 0.917. The fourth-order valence-electron chi connectivity index (χ4n) is 2.61. The van der Waals surface area contributed by atoms with E-state index in [2.05, 4.69) is 19.0 Å². The summed E-state index contributed by atoms with van der Waals surface area (Å²) in [6, 6.07) is 0.527. The van der Waals surface area contributed by atoms with Gasteiger partial charge in [-0.15, -0.1) is 0 Å². The lowest BCUT2D eigenvalue weighted by Gasteiger charge is -2.38. The first-order chi connectivity index (χ1) is 7.50. The van der Waals surface area contributed by atoms with E-state index in [-0.39, 0.29) is 11.4 Å². The summed E-state index contributed by atoms with van der Waals surface area (Å²) in [6.07, 6.45) is 4.86. The summed E-state index contributed by atoms with van der Waals surface area (Å²) in [5, 5.41) is 0. The molecule has 1 heterocycles. The van der Waals surface area contributed by atoms with E-state index in [4.69, 9.17) is 5.73 Å². The summed E-state index contributed by atoms with van der Waals surface area (Å²) in [4.78, 5) is 16.2. The van der Waals surface area contributed by atoms with Gasteiger partial charge in [-0.1, -0.05) is 0 Å². The van der Waals surface area contributed by atoms with Crippen molar-refractivity contribution in [2.75, 3.05) is 27.2 Å². The second-order valence-electron chi connectivity index (χ2n) is 5.64. The molecule has 1 amide bonds. The second-order valence-corrected chi connectivity index (χ2v) is 5.64. The van der Waals surface area contributed by atoms with Crippen LogP contribution >= 0.6 is 0 Å². The molecule has 1 aliphatic heterocycles. The molecule has 1 aliphatic carbocycles. The van der Waals surface area contributed by atoms with Crippen molar-refractivity contribution in [2.45, 2.75) is 43.7 Å². The summed E-state index contributed by atoms with van der Waals surface area (Å²) in [7, 11) is 4.16. The number of likely N-dealkylation sites (N-methyl/N-ethyl adjacent to an activating group) is 1. The van der Waals surface area contributed by atoms with Crippen molar-refractivity contribution in [3.63, 3.8) is 0 Å². The van der Waals surface area contributed by atoms with Crippen LogP contribution in [0.5, 0.6) is 0 Å². The van der Waals surface area contributed by atoms with Crippen LogP contribution in [0.15, 0.2) is 0 Å². The minimum atomic E-state index is -0.173. The van der Waals surface area contributed by atoms with Crippen molar-refractivity contribution in [1.29, 1.82) is 0 Å². The molecular weight excluding hydrogens is 202 g/mol. The van der Waals surface area contributed by atoms with Gasteiger partial charge in [0.2, 0.25) is 5.91 Å². The highest BCUT2D eigenvalue weighted by Crippen LogP contribution is 2.33. The molecule has 4 heteroatoms. The van der Waals surface area contributed by atoms with Crippen molar-refractivity contribution in [3.8, 4) is 0 Å². The van der Waals surface area contributed by atoms with Crippen LogP contribution in [0.4, 0.5) is 0 Å². The molecule has 4 nitrogen and oxygen atoms in total. The molecule has 2 aliphatic rings. The highest BCUT2D eigenvalue weighted by molar-refractivity contribution is 5.78. The molecule has 1 atom stereocenters. The molecule has 1 saturated carbocycles. The van der Waals surface area contributed by atoms with Crippen molar-refractivity contribution >= 4 is 5.91 Å². The van der Waals surface area contributed by atoms with E-state index in [1.54, 1.807) is 0 Å². The fourth-order valence-corrected chi connectivity index (χ4v) is 2.61. The molecule has 2 rings (SSSR count). The normalized spacial score (nSPS) is 28.2. The first-order valence-corrected chi connectivity index (χ1v) is 6.23. The van der Waals surface area contributed by atoms with E-state index < -0.39 is 0 Å². The molecule has 1 unspecified atom stereocenters. The van der Waals surface area contributed by atoms with Crippen molar-refractivity contribution in [2.24, 2.45) is 5.73 Å². The Balaban J connectivity index is 1.82. The Labute approximate surface area is 97.8 Å². The summed E-state index contributed by atoms with van der Waals surface area (Å²) < 4.78 is 0. The minimum absolute atomic E-state index is 0.173. The number of rotatable bonds is 3. The molecule has 0 spiro atoms. The number of carbonyl (C=O) groups is 1. The maximum absolute atomic E-state index is 12.0. The molecule has 0 aromatic rings. The van der Waals surface area contributed by atoms with E-state index in [0.29, 0.717) is 12.5 Å². The SMILES string of the molecule is CN(C)C1CCN(C(=O)CC2(N)CCC2)C1. The van der Waals surface area contributed by atoms with E-state index in [1.165, 1.54) is 6.42 Å². The van der Waals surface area contributed by atoms with Gasteiger partial charge in [0.05, 0.1) is 0 Å². The zero-order valence-electron chi connectivity index (χ0n) is 10.4. The standard InChI is InChI=1S/C12H23N3O/c1-14(2)10-4-7-15(9-10)11(16)8-12(13)5-3-6-12/h10H,3-9,13H2,1-2H3. The molecule has 92 valence electrons. The average molecular weight is 225 g/mol. The van der Waals surface area contributed by atoms with Crippen LogP contribution in [0.1, 0.15) is 32.1 Å². The van der Waals surface area contributed by atoms with Crippen molar-refractivity contribution in [3.05, 3.63) is 0 Å². The number of carbonyl (C=O) groups excluding carboxylic acids is 1. The molecular formula is C12H23N3O. The van der Waals surface area contributed by atoms with Gasteiger partial charge in [0.25, 0.3) is 0 Å². The molecule has 0 aromatic heterocycles. The van der Waals surface area contributed by atoms with Crippen LogP contribution < -0.4 is 5.73 Å². The lowest BCUT2D eigenvalue weighted by Crippen LogP contribution is -2.50. The average Bonchev–Trinajstić information content (AvgIpc) is 2.64. The summed E-state index contributed by atoms with van der Waals surface area (Å²) in [5.74, 6) is 0.256. The van der Waals surface area contributed by atoms with Gasteiger partial charge in [0.1, 0.15) is 0 Å². The van der Waals surface area contributed by atoms with Gasteiger partial charge in [-0.3, -0.25) is 4.79 Å². The summed E-state index contributed by atoms with van der Waals surface area (Å²) in [5.41, 5.74) is 5.93. The molecule has 1 saturated heterocycles. The first kappa shape index (κ1) is 11.9. The van der Waals surface area contributed by atoms with Crippen LogP contribution in [0, 0.1) is 0 Å². The number of nitrogens with two attached hydrogens (primary N) is 1. The Kier molecular flexibility index (Phi) is 3.22. The highest BCUT2D eigenvalue weighted by Gasteiger charge is 2.37. The number of likely N-dealkylation sites (tertiary alicyclic amines) is 1. The van der Waals surface area contributed by atoms with Crippen LogP contribution in [0.25, 0.3) is 0 Å². The second kappa shape index (κ2) is 4.34. The molecule has 16 heavy (non-hydrogen) atoms. The van der Waals surface area contributed by atoms with Crippen LogP contribution in [0.2, 0.25) is 0 Å². The van der Waals surface area contributed by atoms with Gasteiger partial charge in [0, 0.05) is 31.1 Å². The van der Waals surface area contributed by atoms with Crippen molar-refractivity contribution < 1.29 is 4.79 Å². The van der Waals surface area contributed by atoms with E-state index in [9.17, 15) is 4.79 Å². The first-order valence-electron chi connectivity index (χ1n) is 6.23. The Morgan fingerprint density at radius 3 is 2.62 bits per heavy atom. The molecule has 0 bridgehead atoms. The van der Waals surface area contributed by atoms with Gasteiger partial charge >= 0.3 is 0 Å². The third kappa shape index (κ3) is 2.38. The number of nitrogens with zero attached hydrogens (tertiary/aromatic N) is 2. The number of hydrogen-bond acceptors (Lipinski definition) is 3. The molecule has 0 aromatic carbocycles. The topological polar surface area (TPSA) is 49.6 Å². The van der Waals surface area contributed by atoms with Gasteiger partial charge in [-0.25, -0.2) is 0 Å². The Hall–Kier alpha value is -0.610. The highest BCUT2D eigenvalue weighted by atomic mass is 16.2.